The lowest BCUT2D eigenvalue weighted by atomic mass is 9.82. The van der Waals surface area contributed by atoms with Gasteiger partial charge < -0.3 is 10.1 Å². The molecule has 0 spiro atoms. The number of rotatable bonds is 4. The van der Waals surface area contributed by atoms with Gasteiger partial charge in [-0.3, -0.25) is 4.79 Å². The molecule has 1 unspecified atom stereocenters. The van der Waals surface area contributed by atoms with Crippen molar-refractivity contribution in [2.24, 2.45) is 5.92 Å². The molecular formula is C20H29NO2. The molecule has 3 nitrogen and oxygen atoms in total. The smallest absolute Gasteiger partial charge is 0.223 e. The summed E-state index contributed by atoms with van der Waals surface area (Å²) >= 11 is 0. The quantitative estimate of drug-likeness (QED) is 0.869. The number of hydrogen-bond donors (Lipinski definition) is 1. The van der Waals surface area contributed by atoms with Crippen LogP contribution in [0.1, 0.15) is 76.8 Å². The summed E-state index contributed by atoms with van der Waals surface area (Å²) in [5.74, 6) is 1.39. The van der Waals surface area contributed by atoms with E-state index in [4.69, 9.17) is 4.74 Å². The van der Waals surface area contributed by atoms with Crippen LogP contribution in [0.2, 0.25) is 0 Å². The third kappa shape index (κ3) is 3.39. The van der Waals surface area contributed by atoms with Crippen LogP contribution in [0.15, 0.2) is 24.3 Å². The Morgan fingerprint density at radius 2 is 1.87 bits per heavy atom. The Bertz CT molecular complexity index is 544. The topological polar surface area (TPSA) is 38.3 Å². The molecule has 1 saturated carbocycles. The first-order valence-electron chi connectivity index (χ1n) is 9.26. The fourth-order valence-electron chi connectivity index (χ4n) is 4.08. The summed E-state index contributed by atoms with van der Waals surface area (Å²) < 4.78 is 6.32. The highest BCUT2D eigenvalue weighted by Gasteiger charge is 2.39. The maximum atomic E-state index is 12.7. The predicted molar refractivity (Wildman–Crippen MR) is 92.5 cm³/mol. The molecule has 1 atom stereocenters. The number of ether oxygens (including phenoxy) is 1. The SMILES string of the molecule is CCC1(CC)CC(NC(=O)C2CCCCC2)c2ccccc2O1. The van der Waals surface area contributed by atoms with Crippen LogP contribution in [-0.4, -0.2) is 11.5 Å². The van der Waals surface area contributed by atoms with Crippen molar-refractivity contribution in [3.8, 4) is 5.75 Å². The second kappa shape index (κ2) is 6.94. The van der Waals surface area contributed by atoms with Gasteiger partial charge in [-0.05, 0) is 31.7 Å². The molecule has 23 heavy (non-hydrogen) atoms. The van der Waals surface area contributed by atoms with Crippen LogP contribution < -0.4 is 10.1 Å². The van der Waals surface area contributed by atoms with E-state index in [1.165, 1.54) is 19.3 Å². The zero-order chi connectivity index (χ0) is 16.3. The van der Waals surface area contributed by atoms with E-state index >= 15 is 0 Å². The fourth-order valence-corrected chi connectivity index (χ4v) is 4.08. The van der Waals surface area contributed by atoms with E-state index in [-0.39, 0.29) is 23.5 Å². The molecule has 2 aliphatic rings. The third-order valence-corrected chi connectivity index (χ3v) is 5.78. The first-order chi connectivity index (χ1) is 11.2. The Labute approximate surface area is 139 Å². The zero-order valence-corrected chi connectivity index (χ0v) is 14.4. The van der Waals surface area contributed by atoms with Gasteiger partial charge in [0.2, 0.25) is 5.91 Å². The molecule has 1 aromatic rings. The molecule has 1 aromatic carbocycles. The van der Waals surface area contributed by atoms with Crippen LogP contribution in [0.3, 0.4) is 0 Å². The molecular weight excluding hydrogens is 286 g/mol. The molecule has 0 radical (unpaired) electrons. The molecule has 0 bridgehead atoms. The van der Waals surface area contributed by atoms with E-state index < -0.39 is 0 Å². The average molecular weight is 315 g/mol. The van der Waals surface area contributed by atoms with Gasteiger partial charge in [0, 0.05) is 17.9 Å². The van der Waals surface area contributed by atoms with Crippen molar-refractivity contribution in [2.75, 3.05) is 0 Å². The number of carbonyl (C=O) groups excluding carboxylic acids is 1. The molecule has 3 heteroatoms. The van der Waals surface area contributed by atoms with Crippen LogP contribution in [0.25, 0.3) is 0 Å². The number of amides is 1. The van der Waals surface area contributed by atoms with Gasteiger partial charge in [0.05, 0.1) is 6.04 Å². The highest BCUT2D eigenvalue weighted by atomic mass is 16.5. The van der Waals surface area contributed by atoms with Crippen molar-refractivity contribution in [3.63, 3.8) is 0 Å². The van der Waals surface area contributed by atoms with Crippen LogP contribution in [0.5, 0.6) is 5.75 Å². The second-order valence-corrected chi connectivity index (χ2v) is 7.13. The summed E-state index contributed by atoms with van der Waals surface area (Å²) in [7, 11) is 0. The lowest BCUT2D eigenvalue weighted by Gasteiger charge is -2.42. The Morgan fingerprint density at radius 3 is 2.57 bits per heavy atom. The number of para-hydroxylation sites is 1. The van der Waals surface area contributed by atoms with Crippen molar-refractivity contribution in [3.05, 3.63) is 29.8 Å². The molecule has 1 N–H and O–H groups in total. The molecule has 1 amide bonds. The number of nitrogens with one attached hydrogen (secondary N) is 1. The lowest BCUT2D eigenvalue weighted by Crippen LogP contribution is -2.45. The Morgan fingerprint density at radius 1 is 1.17 bits per heavy atom. The van der Waals surface area contributed by atoms with E-state index in [2.05, 4.69) is 25.2 Å². The van der Waals surface area contributed by atoms with Gasteiger partial charge in [0.15, 0.2) is 0 Å². The van der Waals surface area contributed by atoms with E-state index in [1.54, 1.807) is 0 Å². The number of benzene rings is 1. The first-order valence-corrected chi connectivity index (χ1v) is 9.26. The van der Waals surface area contributed by atoms with Gasteiger partial charge in [-0.25, -0.2) is 0 Å². The summed E-state index contributed by atoms with van der Waals surface area (Å²) in [6.45, 7) is 4.36. The van der Waals surface area contributed by atoms with Crippen molar-refractivity contribution in [1.82, 2.24) is 5.32 Å². The summed E-state index contributed by atoms with van der Waals surface area (Å²) in [5, 5.41) is 3.35. The van der Waals surface area contributed by atoms with Crippen molar-refractivity contribution >= 4 is 5.91 Å². The molecule has 1 fully saturated rings. The summed E-state index contributed by atoms with van der Waals surface area (Å²) in [5.41, 5.74) is 0.980. The van der Waals surface area contributed by atoms with E-state index in [0.717, 1.165) is 43.4 Å². The minimum absolute atomic E-state index is 0.0780. The molecule has 1 aliphatic carbocycles. The fraction of sp³-hybridized carbons (Fsp3) is 0.650. The maximum Gasteiger partial charge on any atom is 0.223 e. The van der Waals surface area contributed by atoms with Gasteiger partial charge in [-0.2, -0.15) is 0 Å². The zero-order valence-electron chi connectivity index (χ0n) is 14.4. The Kier molecular flexibility index (Phi) is 4.93. The highest BCUT2D eigenvalue weighted by molar-refractivity contribution is 5.79. The molecule has 0 saturated heterocycles. The molecule has 1 heterocycles. The maximum absolute atomic E-state index is 12.7. The van der Waals surface area contributed by atoms with Gasteiger partial charge in [0.25, 0.3) is 0 Å². The van der Waals surface area contributed by atoms with Gasteiger partial charge in [0.1, 0.15) is 11.4 Å². The van der Waals surface area contributed by atoms with Crippen LogP contribution >= 0.6 is 0 Å². The standard InChI is InChI=1S/C20H29NO2/c1-3-20(4-2)14-17(16-12-8-9-13-18(16)23-20)21-19(22)15-10-6-5-7-11-15/h8-9,12-13,15,17H,3-7,10-11,14H2,1-2H3,(H,21,22). The molecule has 126 valence electrons. The minimum atomic E-state index is -0.154. The molecule has 0 aromatic heterocycles. The Hall–Kier alpha value is -1.51. The highest BCUT2D eigenvalue weighted by Crippen LogP contribution is 2.42. The van der Waals surface area contributed by atoms with Crippen LogP contribution in [0.4, 0.5) is 0 Å². The molecule has 3 rings (SSSR count). The normalized spacial score (nSPS) is 23.7. The third-order valence-electron chi connectivity index (χ3n) is 5.78. The van der Waals surface area contributed by atoms with Gasteiger partial charge in [-0.15, -0.1) is 0 Å². The van der Waals surface area contributed by atoms with Gasteiger partial charge in [-0.1, -0.05) is 51.3 Å². The minimum Gasteiger partial charge on any atom is -0.487 e. The summed E-state index contributed by atoms with van der Waals surface area (Å²) in [6, 6.07) is 8.26. The average Bonchev–Trinajstić information content (AvgIpc) is 2.62. The van der Waals surface area contributed by atoms with E-state index in [1.807, 2.05) is 18.2 Å². The second-order valence-electron chi connectivity index (χ2n) is 7.13. The molecule has 1 aliphatic heterocycles. The van der Waals surface area contributed by atoms with Crippen molar-refractivity contribution in [2.45, 2.75) is 76.9 Å². The monoisotopic (exact) mass is 315 g/mol. The number of carbonyl (C=O) groups is 1. The predicted octanol–water partition coefficient (Wildman–Crippen LogP) is 4.77. The number of hydrogen-bond acceptors (Lipinski definition) is 2. The van der Waals surface area contributed by atoms with E-state index in [9.17, 15) is 4.79 Å². The number of fused-ring (bicyclic) bond motifs is 1. The van der Waals surface area contributed by atoms with Crippen LogP contribution in [0, 0.1) is 5.92 Å². The lowest BCUT2D eigenvalue weighted by molar-refractivity contribution is -0.127. The van der Waals surface area contributed by atoms with E-state index in [0.29, 0.717) is 0 Å². The summed E-state index contributed by atoms with van der Waals surface area (Å²) in [6.07, 6.45) is 8.55. The first kappa shape index (κ1) is 16.4. The van der Waals surface area contributed by atoms with Crippen LogP contribution in [-0.2, 0) is 4.79 Å². The van der Waals surface area contributed by atoms with Crippen molar-refractivity contribution in [1.29, 1.82) is 0 Å². The van der Waals surface area contributed by atoms with Crippen molar-refractivity contribution < 1.29 is 9.53 Å². The Balaban J connectivity index is 1.80. The van der Waals surface area contributed by atoms with Gasteiger partial charge >= 0.3 is 0 Å². The largest absolute Gasteiger partial charge is 0.487 e. The summed E-state index contributed by atoms with van der Waals surface area (Å²) in [4.78, 5) is 12.7.